The largest absolute Gasteiger partial charge is 0.497 e. The summed E-state index contributed by atoms with van der Waals surface area (Å²) < 4.78 is 5.20. The van der Waals surface area contributed by atoms with Crippen LogP contribution in [-0.2, 0) is 11.2 Å². The van der Waals surface area contributed by atoms with E-state index in [0.29, 0.717) is 0 Å². The maximum Gasteiger partial charge on any atom is 0.236 e. The predicted molar refractivity (Wildman–Crippen MR) is 75.2 cm³/mol. The van der Waals surface area contributed by atoms with Gasteiger partial charge in [-0.2, -0.15) is 0 Å². The lowest BCUT2D eigenvalue weighted by molar-refractivity contribution is -0.132. The molecule has 0 radical (unpaired) electrons. The number of alkyl halides is 1. The summed E-state index contributed by atoms with van der Waals surface area (Å²) in [6.07, 6.45) is 2.91. The van der Waals surface area contributed by atoms with Crippen LogP contribution in [0, 0.1) is 0 Å². The van der Waals surface area contributed by atoms with E-state index in [0.717, 1.165) is 38.1 Å². The van der Waals surface area contributed by atoms with Gasteiger partial charge in [0.25, 0.3) is 0 Å². The summed E-state index contributed by atoms with van der Waals surface area (Å²) in [4.78, 5) is 13.9. The summed E-state index contributed by atoms with van der Waals surface area (Å²) in [7, 11) is 1.67. The normalized spacial score (nSPS) is 20.0. The Morgan fingerprint density at radius 2 is 2.33 bits per heavy atom. The maximum absolute atomic E-state index is 11.9. The second-order valence-corrected chi connectivity index (χ2v) is 5.64. The Morgan fingerprint density at radius 3 is 3.11 bits per heavy atom. The van der Waals surface area contributed by atoms with Gasteiger partial charge in [-0.1, -0.05) is 28.1 Å². The second-order valence-electron chi connectivity index (χ2n) is 4.54. The molecule has 1 heterocycles. The molecule has 1 unspecified atom stereocenters. The number of methoxy groups -OCH3 is 1. The fourth-order valence-electron chi connectivity index (χ4n) is 2.21. The van der Waals surface area contributed by atoms with Crippen LogP contribution in [0.2, 0.25) is 0 Å². The van der Waals surface area contributed by atoms with Crippen LogP contribution in [0.3, 0.4) is 0 Å². The molecule has 0 N–H and O–H groups in total. The summed E-state index contributed by atoms with van der Waals surface area (Å²) in [5, 5.41) is 0. The van der Waals surface area contributed by atoms with Gasteiger partial charge in [0.15, 0.2) is 0 Å². The lowest BCUT2D eigenvalue weighted by atomic mass is 10.1. The van der Waals surface area contributed by atoms with Crippen LogP contribution in [0.4, 0.5) is 0 Å². The predicted octanol–water partition coefficient (Wildman–Crippen LogP) is 2.62. The molecule has 3 nitrogen and oxygen atoms in total. The minimum Gasteiger partial charge on any atom is -0.497 e. The van der Waals surface area contributed by atoms with Crippen molar-refractivity contribution in [2.75, 3.05) is 20.2 Å². The van der Waals surface area contributed by atoms with Gasteiger partial charge in [0.05, 0.1) is 11.9 Å². The van der Waals surface area contributed by atoms with Gasteiger partial charge in [-0.05, 0) is 37.0 Å². The smallest absolute Gasteiger partial charge is 0.236 e. The van der Waals surface area contributed by atoms with E-state index in [1.54, 1.807) is 7.11 Å². The molecule has 0 bridgehead atoms. The SMILES string of the molecule is COc1cccc(CCN2CCCC(Br)C2=O)c1. The molecule has 2 rings (SSSR count). The van der Waals surface area contributed by atoms with Crippen LogP contribution in [0.5, 0.6) is 5.75 Å². The number of nitrogens with zero attached hydrogens (tertiary/aromatic N) is 1. The third-order valence-electron chi connectivity index (χ3n) is 3.27. The Labute approximate surface area is 116 Å². The first kappa shape index (κ1) is 13.4. The van der Waals surface area contributed by atoms with E-state index >= 15 is 0 Å². The lowest BCUT2D eigenvalue weighted by Gasteiger charge is -2.29. The summed E-state index contributed by atoms with van der Waals surface area (Å²) in [5.74, 6) is 1.10. The molecule has 1 saturated heterocycles. The van der Waals surface area contributed by atoms with Crippen molar-refractivity contribution in [2.45, 2.75) is 24.1 Å². The molecular weight excluding hydrogens is 294 g/mol. The Hall–Kier alpha value is -1.03. The van der Waals surface area contributed by atoms with Crippen LogP contribution in [0.15, 0.2) is 24.3 Å². The van der Waals surface area contributed by atoms with Crippen molar-refractivity contribution in [1.29, 1.82) is 0 Å². The van der Waals surface area contributed by atoms with Gasteiger partial charge in [0.1, 0.15) is 5.75 Å². The van der Waals surface area contributed by atoms with Gasteiger partial charge in [0.2, 0.25) is 5.91 Å². The van der Waals surface area contributed by atoms with E-state index in [9.17, 15) is 4.79 Å². The number of carbonyl (C=O) groups excluding carboxylic acids is 1. The van der Waals surface area contributed by atoms with Gasteiger partial charge in [0, 0.05) is 13.1 Å². The van der Waals surface area contributed by atoms with Crippen molar-refractivity contribution in [3.05, 3.63) is 29.8 Å². The number of rotatable bonds is 4. The summed E-state index contributed by atoms with van der Waals surface area (Å²) in [6.45, 7) is 1.67. The molecule has 1 atom stereocenters. The van der Waals surface area contributed by atoms with Crippen LogP contribution in [0.1, 0.15) is 18.4 Å². The Bertz CT molecular complexity index is 422. The van der Waals surface area contributed by atoms with Crippen molar-refractivity contribution < 1.29 is 9.53 Å². The standard InChI is InChI=1S/C14H18BrNO2/c1-18-12-5-2-4-11(10-12)7-9-16-8-3-6-13(15)14(16)17/h2,4-5,10,13H,3,6-9H2,1H3. The van der Waals surface area contributed by atoms with Gasteiger partial charge in [-0.25, -0.2) is 0 Å². The van der Waals surface area contributed by atoms with E-state index < -0.39 is 0 Å². The first-order valence-electron chi connectivity index (χ1n) is 6.26. The fourth-order valence-corrected chi connectivity index (χ4v) is 2.82. The Morgan fingerprint density at radius 1 is 1.50 bits per heavy atom. The number of benzene rings is 1. The maximum atomic E-state index is 11.9. The third-order valence-corrected chi connectivity index (χ3v) is 4.12. The number of piperidine rings is 1. The molecule has 1 aliphatic rings. The molecule has 0 aromatic heterocycles. The molecule has 1 aliphatic heterocycles. The lowest BCUT2D eigenvalue weighted by Crippen LogP contribution is -2.42. The first-order valence-corrected chi connectivity index (χ1v) is 7.18. The number of halogens is 1. The highest BCUT2D eigenvalue weighted by molar-refractivity contribution is 9.10. The highest BCUT2D eigenvalue weighted by Gasteiger charge is 2.25. The molecule has 0 spiro atoms. The number of carbonyl (C=O) groups is 1. The summed E-state index contributed by atoms with van der Waals surface area (Å²) in [6, 6.07) is 8.02. The zero-order valence-electron chi connectivity index (χ0n) is 10.6. The minimum absolute atomic E-state index is 0.0107. The second kappa shape index (κ2) is 6.23. The van der Waals surface area contributed by atoms with Gasteiger partial charge >= 0.3 is 0 Å². The van der Waals surface area contributed by atoms with Crippen molar-refractivity contribution >= 4 is 21.8 Å². The Kier molecular flexibility index (Phi) is 4.64. The zero-order valence-corrected chi connectivity index (χ0v) is 12.1. The number of amides is 1. The number of ether oxygens (including phenoxy) is 1. The van der Waals surface area contributed by atoms with E-state index in [2.05, 4.69) is 22.0 Å². The number of hydrogen-bond acceptors (Lipinski definition) is 2. The fraction of sp³-hybridized carbons (Fsp3) is 0.500. The van der Waals surface area contributed by atoms with Crippen LogP contribution in [-0.4, -0.2) is 35.8 Å². The molecule has 98 valence electrons. The minimum atomic E-state index is 0.0107. The van der Waals surface area contributed by atoms with E-state index in [1.165, 1.54) is 5.56 Å². The van der Waals surface area contributed by atoms with Gasteiger partial charge in [-0.3, -0.25) is 4.79 Å². The van der Waals surface area contributed by atoms with Crippen LogP contribution in [0.25, 0.3) is 0 Å². The molecule has 0 saturated carbocycles. The van der Waals surface area contributed by atoms with Crippen molar-refractivity contribution in [3.63, 3.8) is 0 Å². The highest BCUT2D eigenvalue weighted by atomic mass is 79.9. The van der Waals surface area contributed by atoms with Crippen molar-refractivity contribution in [3.8, 4) is 5.75 Å². The molecule has 4 heteroatoms. The molecule has 1 aromatic rings. The summed E-state index contributed by atoms with van der Waals surface area (Å²) >= 11 is 3.43. The molecule has 18 heavy (non-hydrogen) atoms. The molecule has 0 aliphatic carbocycles. The van der Waals surface area contributed by atoms with E-state index in [4.69, 9.17) is 4.74 Å². The Balaban J connectivity index is 1.92. The topological polar surface area (TPSA) is 29.5 Å². The number of hydrogen-bond donors (Lipinski definition) is 0. The average Bonchev–Trinajstić information content (AvgIpc) is 2.41. The average molecular weight is 312 g/mol. The third kappa shape index (κ3) is 3.25. The van der Waals surface area contributed by atoms with Crippen LogP contribution >= 0.6 is 15.9 Å². The quantitative estimate of drug-likeness (QED) is 0.800. The molecule has 1 aromatic carbocycles. The van der Waals surface area contributed by atoms with Crippen LogP contribution < -0.4 is 4.74 Å². The summed E-state index contributed by atoms with van der Waals surface area (Å²) in [5.41, 5.74) is 1.21. The van der Waals surface area contributed by atoms with Gasteiger partial charge < -0.3 is 9.64 Å². The highest BCUT2D eigenvalue weighted by Crippen LogP contribution is 2.19. The van der Waals surface area contributed by atoms with E-state index in [-0.39, 0.29) is 10.7 Å². The van der Waals surface area contributed by atoms with E-state index in [1.807, 2.05) is 23.1 Å². The monoisotopic (exact) mass is 311 g/mol. The van der Waals surface area contributed by atoms with Crippen molar-refractivity contribution in [1.82, 2.24) is 4.90 Å². The first-order chi connectivity index (χ1) is 8.70. The molecular formula is C14H18BrNO2. The molecule has 1 amide bonds. The number of likely N-dealkylation sites (tertiary alicyclic amines) is 1. The van der Waals surface area contributed by atoms with Crippen molar-refractivity contribution in [2.24, 2.45) is 0 Å². The van der Waals surface area contributed by atoms with Gasteiger partial charge in [-0.15, -0.1) is 0 Å². The molecule has 1 fully saturated rings. The zero-order chi connectivity index (χ0) is 13.0.